The maximum Gasteiger partial charge on any atom is 0.0757 e. The van der Waals surface area contributed by atoms with Gasteiger partial charge in [0.2, 0.25) is 0 Å². The highest BCUT2D eigenvalue weighted by Crippen LogP contribution is 2.03. The molecule has 4 heteroatoms. The Balaban J connectivity index is 0. The SMILES string of the molecule is CC[N+](CC)(CC)CC.OOO. The van der Waals surface area contributed by atoms with E-state index in [1.165, 1.54) is 30.7 Å². The second-order valence-electron chi connectivity index (χ2n) is 2.69. The zero-order valence-corrected chi connectivity index (χ0v) is 8.58. The molecule has 0 unspecified atom stereocenters. The number of rotatable bonds is 4. The van der Waals surface area contributed by atoms with Gasteiger partial charge in [0.15, 0.2) is 0 Å². The van der Waals surface area contributed by atoms with Crippen molar-refractivity contribution in [3.63, 3.8) is 0 Å². The summed E-state index contributed by atoms with van der Waals surface area (Å²) in [7, 11) is 0. The first-order valence-corrected chi connectivity index (χ1v) is 4.46. The number of hydrogen-bond acceptors (Lipinski definition) is 3. The zero-order valence-electron chi connectivity index (χ0n) is 8.58. The van der Waals surface area contributed by atoms with Gasteiger partial charge in [-0.05, 0) is 27.7 Å². The quantitative estimate of drug-likeness (QED) is 0.394. The van der Waals surface area contributed by atoms with Crippen molar-refractivity contribution in [1.82, 2.24) is 0 Å². The van der Waals surface area contributed by atoms with E-state index < -0.39 is 0 Å². The van der Waals surface area contributed by atoms with Gasteiger partial charge in [0.1, 0.15) is 0 Å². The average molecular weight is 180 g/mol. The standard InChI is InChI=1S/C8H20N.H2O3/c1-5-9(6-2,7-3)8-4;1-3-2/h5-8H2,1-4H3;1-2H/q+1;. The summed E-state index contributed by atoms with van der Waals surface area (Å²) in [5.41, 5.74) is 0. The van der Waals surface area contributed by atoms with Gasteiger partial charge in [-0.2, -0.15) is 0 Å². The van der Waals surface area contributed by atoms with Crippen LogP contribution in [0.25, 0.3) is 0 Å². The summed E-state index contributed by atoms with van der Waals surface area (Å²) in [6.45, 7) is 14.2. The summed E-state index contributed by atoms with van der Waals surface area (Å²) in [5.74, 6) is 0. The fourth-order valence-corrected chi connectivity index (χ4v) is 1.34. The molecule has 0 aliphatic heterocycles. The van der Waals surface area contributed by atoms with E-state index in [9.17, 15) is 0 Å². The van der Waals surface area contributed by atoms with Gasteiger partial charge < -0.3 is 4.48 Å². The molecule has 0 bridgehead atoms. The molecule has 0 radical (unpaired) electrons. The summed E-state index contributed by atoms with van der Waals surface area (Å²) in [4.78, 5) is 0. The second kappa shape index (κ2) is 8.93. The molecule has 4 nitrogen and oxygen atoms in total. The minimum atomic E-state index is 1.28. The number of nitrogens with zero attached hydrogens (tertiary/aromatic N) is 1. The van der Waals surface area contributed by atoms with Crippen molar-refractivity contribution in [2.24, 2.45) is 0 Å². The van der Waals surface area contributed by atoms with Crippen LogP contribution in [0.4, 0.5) is 0 Å². The van der Waals surface area contributed by atoms with Crippen molar-refractivity contribution in [3.8, 4) is 0 Å². The molecule has 2 N–H and O–H groups in total. The van der Waals surface area contributed by atoms with Crippen LogP contribution in [-0.2, 0) is 5.04 Å². The van der Waals surface area contributed by atoms with Crippen molar-refractivity contribution in [1.29, 1.82) is 0 Å². The molecule has 0 aliphatic carbocycles. The highest BCUT2D eigenvalue weighted by molar-refractivity contribution is 4.31. The van der Waals surface area contributed by atoms with E-state index in [1.54, 1.807) is 0 Å². The third-order valence-electron chi connectivity index (χ3n) is 2.68. The minimum Gasteiger partial charge on any atom is -0.325 e. The van der Waals surface area contributed by atoms with Gasteiger partial charge in [-0.25, -0.2) is 10.5 Å². The summed E-state index contributed by atoms with van der Waals surface area (Å²) in [6.07, 6.45) is 0. The topological polar surface area (TPSA) is 49.7 Å². The average Bonchev–Trinajstić information content (AvgIpc) is 2.11. The molecule has 0 atom stereocenters. The minimum absolute atomic E-state index is 1.28. The monoisotopic (exact) mass is 180 g/mol. The largest absolute Gasteiger partial charge is 0.325 e. The van der Waals surface area contributed by atoms with Crippen LogP contribution >= 0.6 is 0 Å². The van der Waals surface area contributed by atoms with Gasteiger partial charge in [0, 0.05) is 0 Å². The molecule has 0 aromatic rings. The van der Waals surface area contributed by atoms with Crippen LogP contribution in [0.15, 0.2) is 0 Å². The van der Waals surface area contributed by atoms with E-state index in [2.05, 4.69) is 32.7 Å². The summed E-state index contributed by atoms with van der Waals surface area (Å²) in [6, 6.07) is 0. The van der Waals surface area contributed by atoms with Gasteiger partial charge >= 0.3 is 0 Å². The highest BCUT2D eigenvalue weighted by atomic mass is 17.4. The fraction of sp³-hybridized carbons (Fsp3) is 1.00. The van der Waals surface area contributed by atoms with Gasteiger partial charge in [0.05, 0.1) is 26.2 Å². The number of quaternary nitrogens is 1. The lowest BCUT2D eigenvalue weighted by molar-refractivity contribution is -0.921. The molecular formula is C8H22NO3+. The van der Waals surface area contributed by atoms with Crippen LogP contribution in [0, 0.1) is 0 Å². The van der Waals surface area contributed by atoms with Gasteiger partial charge in [-0.3, -0.25) is 0 Å². The van der Waals surface area contributed by atoms with Crippen molar-refractivity contribution < 1.29 is 20.0 Å². The normalized spacial score (nSPS) is 10.5. The first-order valence-electron chi connectivity index (χ1n) is 4.46. The third-order valence-corrected chi connectivity index (χ3v) is 2.68. The predicted octanol–water partition coefficient (Wildman–Crippen LogP) is 1.83. The molecule has 0 amide bonds. The van der Waals surface area contributed by atoms with Gasteiger partial charge in [0.25, 0.3) is 0 Å². The molecule has 0 saturated heterocycles. The van der Waals surface area contributed by atoms with E-state index in [4.69, 9.17) is 10.5 Å². The van der Waals surface area contributed by atoms with Crippen LogP contribution in [0.1, 0.15) is 27.7 Å². The van der Waals surface area contributed by atoms with E-state index >= 15 is 0 Å². The molecule has 0 rings (SSSR count). The fourth-order valence-electron chi connectivity index (χ4n) is 1.34. The smallest absolute Gasteiger partial charge is 0.0757 e. The lowest BCUT2D eigenvalue weighted by Gasteiger charge is -2.34. The van der Waals surface area contributed by atoms with Crippen molar-refractivity contribution in [2.75, 3.05) is 26.2 Å². The van der Waals surface area contributed by atoms with E-state index in [-0.39, 0.29) is 0 Å². The molecule has 12 heavy (non-hydrogen) atoms. The summed E-state index contributed by atoms with van der Waals surface area (Å²) in [5, 5.41) is 15.5. The number of hydrogen-bond donors (Lipinski definition) is 2. The molecule has 0 fully saturated rings. The van der Waals surface area contributed by atoms with Crippen molar-refractivity contribution in [2.45, 2.75) is 27.7 Å². The van der Waals surface area contributed by atoms with Crippen LogP contribution in [0.2, 0.25) is 0 Å². The lowest BCUT2D eigenvalue weighted by Crippen LogP contribution is -2.47. The van der Waals surface area contributed by atoms with Crippen LogP contribution < -0.4 is 0 Å². The van der Waals surface area contributed by atoms with Gasteiger partial charge in [-0.1, -0.05) is 5.04 Å². The first-order chi connectivity index (χ1) is 5.66. The lowest BCUT2D eigenvalue weighted by atomic mass is 10.3. The maximum absolute atomic E-state index is 6.62. The molecule has 0 saturated carbocycles. The molecular weight excluding hydrogens is 158 g/mol. The Morgan fingerprint density at radius 3 is 1.00 bits per heavy atom. The third kappa shape index (κ3) is 5.49. The molecule has 0 aromatic carbocycles. The van der Waals surface area contributed by atoms with Crippen LogP contribution in [0.3, 0.4) is 0 Å². The van der Waals surface area contributed by atoms with Crippen molar-refractivity contribution >= 4 is 0 Å². The molecule has 0 spiro atoms. The van der Waals surface area contributed by atoms with Gasteiger partial charge in [-0.15, -0.1) is 0 Å². The van der Waals surface area contributed by atoms with E-state index in [0.717, 1.165) is 0 Å². The molecule has 0 aromatic heterocycles. The highest BCUT2D eigenvalue weighted by Gasteiger charge is 2.16. The molecule has 0 heterocycles. The Hall–Kier alpha value is -0.160. The second-order valence-corrected chi connectivity index (χ2v) is 2.69. The first kappa shape index (κ1) is 14.4. The van der Waals surface area contributed by atoms with Crippen molar-refractivity contribution in [3.05, 3.63) is 0 Å². The Morgan fingerprint density at radius 2 is 1.00 bits per heavy atom. The Labute approximate surface area is 74.8 Å². The Bertz CT molecular complexity index is 66.9. The summed E-state index contributed by atoms with van der Waals surface area (Å²) >= 11 is 0. The Kier molecular flexibility index (Phi) is 10.7. The Morgan fingerprint density at radius 1 is 0.833 bits per heavy atom. The maximum atomic E-state index is 6.62. The zero-order chi connectivity index (χ0) is 10.0. The molecule has 0 aliphatic rings. The molecule has 76 valence electrons. The van der Waals surface area contributed by atoms with E-state index in [0.29, 0.717) is 0 Å². The van der Waals surface area contributed by atoms with Crippen LogP contribution in [-0.4, -0.2) is 41.2 Å². The van der Waals surface area contributed by atoms with Crippen LogP contribution in [0.5, 0.6) is 0 Å². The predicted molar refractivity (Wildman–Crippen MR) is 48.8 cm³/mol. The van der Waals surface area contributed by atoms with E-state index in [1.807, 2.05) is 0 Å². The summed E-state index contributed by atoms with van der Waals surface area (Å²) < 4.78 is 1.28.